The largest absolute Gasteiger partial charge is 0.336 e. The van der Waals surface area contributed by atoms with Crippen LogP contribution in [0.15, 0.2) is 0 Å². The van der Waals surface area contributed by atoms with Crippen LogP contribution in [0, 0.1) is 17.2 Å². The molecule has 4 nitrogen and oxygen atoms in total. The molecule has 1 aliphatic heterocycles. The Morgan fingerprint density at radius 2 is 2.64 bits per heavy atom. The topological polar surface area (TPSA) is 56.1 Å². The first-order chi connectivity index (χ1) is 5.24. The third-order valence-electron chi connectivity index (χ3n) is 1.66. The number of hydrogen-bond donors (Lipinski definition) is 1. The van der Waals surface area contributed by atoms with Crippen LogP contribution in [0.5, 0.6) is 0 Å². The lowest BCUT2D eigenvalue weighted by atomic mass is 10.2. The van der Waals surface area contributed by atoms with E-state index < -0.39 is 0 Å². The zero-order valence-corrected chi connectivity index (χ0v) is 6.50. The lowest BCUT2D eigenvalue weighted by molar-refractivity contribution is 0.214. The van der Waals surface area contributed by atoms with Crippen molar-refractivity contribution in [2.75, 3.05) is 19.6 Å². The van der Waals surface area contributed by atoms with E-state index in [-0.39, 0.29) is 11.9 Å². The Morgan fingerprint density at radius 1 is 1.91 bits per heavy atom. The highest BCUT2D eigenvalue weighted by atomic mass is 16.2. The number of amides is 2. The van der Waals surface area contributed by atoms with Crippen LogP contribution < -0.4 is 5.32 Å². The molecule has 0 bridgehead atoms. The molecule has 11 heavy (non-hydrogen) atoms. The Hall–Kier alpha value is -1.24. The lowest BCUT2D eigenvalue weighted by Gasteiger charge is -2.14. The fourth-order valence-electron chi connectivity index (χ4n) is 1.06. The van der Waals surface area contributed by atoms with Gasteiger partial charge in [0.05, 0.1) is 12.0 Å². The third-order valence-corrected chi connectivity index (χ3v) is 1.66. The Bertz CT molecular complexity index is 196. The van der Waals surface area contributed by atoms with Crippen LogP contribution in [0.4, 0.5) is 4.79 Å². The normalized spacial score (nSPS) is 19.3. The fourth-order valence-corrected chi connectivity index (χ4v) is 1.06. The molecule has 0 aromatic rings. The van der Waals surface area contributed by atoms with Crippen molar-refractivity contribution < 1.29 is 4.79 Å². The molecule has 60 valence electrons. The first kappa shape index (κ1) is 7.86. The van der Waals surface area contributed by atoms with E-state index in [1.165, 1.54) is 0 Å². The number of nitrogens with one attached hydrogen (secondary N) is 1. The molecule has 1 aliphatic rings. The number of nitriles is 1. The van der Waals surface area contributed by atoms with E-state index in [2.05, 4.69) is 11.4 Å². The van der Waals surface area contributed by atoms with Crippen molar-refractivity contribution in [2.24, 2.45) is 5.92 Å². The van der Waals surface area contributed by atoms with Gasteiger partial charge in [-0.2, -0.15) is 5.26 Å². The van der Waals surface area contributed by atoms with Crippen molar-refractivity contribution in [1.82, 2.24) is 10.2 Å². The number of hydrogen-bond acceptors (Lipinski definition) is 2. The molecule has 1 rings (SSSR count). The minimum atomic E-state index is -0.0705. The summed E-state index contributed by atoms with van der Waals surface area (Å²) in [4.78, 5) is 12.6. The van der Waals surface area contributed by atoms with Crippen LogP contribution in [-0.2, 0) is 0 Å². The summed E-state index contributed by atoms with van der Waals surface area (Å²) in [5.41, 5.74) is 0. The number of carbonyl (C=O) groups is 1. The second-order valence-corrected chi connectivity index (χ2v) is 2.71. The number of carbonyl (C=O) groups excluding carboxylic acids is 1. The van der Waals surface area contributed by atoms with Crippen molar-refractivity contribution in [3.05, 3.63) is 0 Å². The third kappa shape index (κ3) is 1.84. The summed E-state index contributed by atoms with van der Waals surface area (Å²) in [5.74, 6) is -0.0705. The molecular formula is C7H11N3O. The van der Waals surface area contributed by atoms with Gasteiger partial charge in [0, 0.05) is 19.6 Å². The van der Waals surface area contributed by atoms with Gasteiger partial charge in [-0.25, -0.2) is 4.79 Å². The Labute approximate surface area is 65.8 Å². The van der Waals surface area contributed by atoms with E-state index in [9.17, 15) is 4.79 Å². The van der Waals surface area contributed by atoms with Gasteiger partial charge >= 0.3 is 6.03 Å². The highest BCUT2D eigenvalue weighted by Crippen LogP contribution is 2.01. The number of nitrogens with zero attached hydrogens (tertiary/aromatic N) is 2. The molecule has 1 unspecified atom stereocenters. The van der Waals surface area contributed by atoms with Crippen molar-refractivity contribution in [2.45, 2.75) is 6.92 Å². The summed E-state index contributed by atoms with van der Waals surface area (Å²) < 4.78 is 0. The monoisotopic (exact) mass is 153 g/mol. The Morgan fingerprint density at radius 3 is 3.09 bits per heavy atom. The molecule has 1 heterocycles. The first-order valence-electron chi connectivity index (χ1n) is 3.66. The van der Waals surface area contributed by atoms with E-state index in [0.717, 1.165) is 6.54 Å². The minimum absolute atomic E-state index is 0.0490. The summed E-state index contributed by atoms with van der Waals surface area (Å²) in [5, 5.41) is 11.1. The highest BCUT2D eigenvalue weighted by Gasteiger charge is 2.20. The maximum absolute atomic E-state index is 10.9. The summed E-state index contributed by atoms with van der Waals surface area (Å²) in [6.07, 6.45) is 0. The molecule has 0 aromatic heterocycles. The van der Waals surface area contributed by atoms with Crippen LogP contribution in [0.3, 0.4) is 0 Å². The smallest absolute Gasteiger partial charge is 0.317 e. The van der Waals surface area contributed by atoms with Crippen molar-refractivity contribution in [1.29, 1.82) is 5.26 Å². The molecule has 0 aliphatic carbocycles. The van der Waals surface area contributed by atoms with Gasteiger partial charge in [0.25, 0.3) is 0 Å². The number of rotatable bonds is 2. The van der Waals surface area contributed by atoms with Crippen LogP contribution >= 0.6 is 0 Å². The van der Waals surface area contributed by atoms with Gasteiger partial charge in [0.2, 0.25) is 0 Å². The average Bonchev–Trinajstić information content (AvgIpc) is 2.37. The zero-order chi connectivity index (χ0) is 8.27. The Kier molecular flexibility index (Phi) is 2.32. The lowest BCUT2D eigenvalue weighted by Crippen LogP contribution is -2.31. The van der Waals surface area contributed by atoms with Gasteiger partial charge < -0.3 is 10.2 Å². The van der Waals surface area contributed by atoms with Crippen molar-refractivity contribution in [3.8, 4) is 6.07 Å². The predicted molar refractivity (Wildman–Crippen MR) is 39.7 cm³/mol. The quantitative estimate of drug-likeness (QED) is 0.614. The maximum atomic E-state index is 10.9. The molecule has 0 aromatic carbocycles. The van der Waals surface area contributed by atoms with Crippen LogP contribution in [-0.4, -0.2) is 30.6 Å². The SMILES string of the molecule is CC(C#N)CN1CCNC1=O. The standard InChI is InChI=1S/C7H11N3O/c1-6(4-8)5-10-3-2-9-7(10)11/h6H,2-3,5H2,1H3,(H,9,11). The molecule has 1 N–H and O–H groups in total. The Balaban J connectivity index is 2.38. The van der Waals surface area contributed by atoms with E-state index in [4.69, 9.17) is 5.26 Å². The second-order valence-electron chi connectivity index (χ2n) is 2.71. The zero-order valence-electron chi connectivity index (χ0n) is 6.50. The average molecular weight is 153 g/mol. The van der Waals surface area contributed by atoms with Gasteiger partial charge in [-0.15, -0.1) is 0 Å². The van der Waals surface area contributed by atoms with E-state index >= 15 is 0 Å². The number of urea groups is 1. The first-order valence-corrected chi connectivity index (χ1v) is 3.66. The van der Waals surface area contributed by atoms with Crippen molar-refractivity contribution in [3.63, 3.8) is 0 Å². The molecule has 1 fully saturated rings. The molecule has 0 spiro atoms. The fraction of sp³-hybridized carbons (Fsp3) is 0.714. The summed E-state index contributed by atoms with van der Waals surface area (Å²) in [6.45, 7) is 3.79. The summed E-state index contributed by atoms with van der Waals surface area (Å²) >= 11 is 0. The molecule has 1 atom stereocenters. The molecule has 2 amide bonds. The maximum Gasteiger partial charge on any atom is 0.317 e. The second kappa shape index (κ2) is 3.24. The van der Waals surface area contributed by atoms with Gasteiger partial charge in [0.1, 0.15) is 0 Å². The molecule has 0 saturated carbocycles. The van der Waals surface area contributed by atoms with Gasteiger partial charge in [-0.1, -0.05) is 0 Å². The van der Waals surface area contributed by atoms with Gasteiger partial charge in [0.15, 0.2) is 0 Å². The van der Waals surface area contributed by atoms with E-state index in [0.29, 0.717) is 13.1 Å². The van der Waals surface area contributed by atoms with Crippen molar-refractivity contribution >= 4 is 6.03 Å². The highest BCUT2D eigenvalue weighted by molar-refractivity contribution is 5.76. The van der Waals surface area contributed by atoms with E-state index in [1.807, 2.05) is 6.92 Å². The molecule has 4 heteroatoms. The van der Waals surface area contributed by atoms with Crippen LogP contribution in [0.1, 0.15) is 6.92 Å². The molecular weight excluding hydrogens is 142 g/mol. The van der Waals surface area contributed by atoms with Gasteiger partial charge in [-0.3, -0.25) is 0 Å². The summed E-state index contributed by atoms with van der Waals surface area (Å²) in [6, 6.07) is 2.04. The minimum Gasteiger partial charge on any atom is -0.336 e. The molecule has 1 saturated heterocycles. The predicted octanol–water partition coefficient (Wildman–Crippen LogP) is 0.171. The van der Waals surface area contributed by atoms with Crippen LogP contribution in [0.2, 0.25) is 0 Å². The summed E-state index contributed by atoms with van der Waals surface area (Å²) in [7, 11) is 0. The van der Waals surface area contributed by atoms with Gasteiger partial charge in [-0.05, 0) is 6.92 Å². The van der Waals surface area contributed by atoms with Crippen LogP contribution in [0.25, 0.3) is 0 Å². The van der Waals surface area contributed by atoms with E-state index in [1.54, 1.807) is 4.90 Å². The molecule has 0 radical (unpaired) electrons.